The number of amides is 2. The van der Waals surface area contributed by atoms with Gasteiger partial charge in [0.1, 0.15) is 0 Å². The van der Waals surface area contributed by atoms with Gasteiger partial charge in [0.05, 0.1) is 13.5 Å². The predicted octanol–water partition coefficient (Wildman–Crippen LogP) is 1.42. The number of hydrogen-bond acceptors (Lipinski definition) is 3. The number of hydrogen-bond donors (Lipinski definition) is 1. The van der Waals surface area contributed by atoms with Crippen LogP contribution < -0.4 is 5.32 Å². The van der Waals surface area contributed by atoms with Crippen LogP contribution >= 0.6 is 0 Å². The molecule has 2 rings (SSSR count). The smallest absolute Gasteiger partial charge is 0.409 e. The zero-order chi connectivity index (χ0) is 13.1. The van der Waals surface area contributed by atoms with E-state index >= 15 is 0 Å². The van der Waals surface area contributed by atoms with Crippen molar-refractivity contribution in [2.45, 2.75) is 12.8 Å². The summed E-state index contributed by atoms with van der Waals surface area (Å²) < 4.78 is 4.62. The minimum Gasteiger partial charge on any atom is -0.453 e. The summed E-state index contributed by atoms with van der Waals surface area (Å²) in [7, 11) is 3.07. The normalized spacial score (nSPS) is 12.9. The molecule has 0 saturated carbocycles. The van der Waals surface area contributed by atoms with Gasteiger partial charge >= 0.3 is 6.09 Å². The number of benzene rings is 1. The van der Waals surface area contributed by atoms with Gasteiger partial charge in [0.25, 0.3) is 0 Å². The van der Waals surface area contributed by atoms with E-state index in [1.165, 1.54) is 12.0 Å². The molecule has 1 aromatic rings. The Hall–Kier alpha value is -2.04. The Bertz CT molecular complexity index is 485. The summed E-state index contributed by atoms with van der Waals surface area (Å²) in [4.78, 5) is 24.0. The highest BCUT2D eigenvalue weighted by Gasteiger charge is 2.17. The van der Waals surface area contributed by atoms with Crippen LogP contribution in [0.1, 0.15) is 11.1 Å². The maximum absolute atomic E-state index is 11.2. The molecule has 1 aromatic carbocycles. The average molecular weight is 248 g/mol. The monoisotopic (exact) mass is 248 g/mol. The van der Waals surface area contributed by atoms with Crippen LogP contribution in [0.4, 0.5) is 10.5 Å². The van der Waals surface area contributed by atoms with E-state index in [4.69, 9.17) is 0 Å². The van der Waals surface area contributed by atoms with Gasteiger partial charge in [0, 0.05) is 19.3 Å². The molecule has 1 heterocycles. The number of anilines is 1. The van der Waals surface area contributed by atoms with Crippen molar-refractivity contribution in [2.75, 3.05) is 26.0 Å². The number of nitrogens with zero attached hydrogens (tertiary/aromatic N) is 1. The third-order valence-corrected chi connectivity index (χ3v) is 3.02. The van der Waals surface area contributed by atoms with Gasteiger partial charge in [-0.3, -0.25) is 4.79 Å². The lowest BCUT2D eigenvalue weighted by molar-refractivity contribution is -0.115. The van der Waals surface area contributed by atoms with E-state index in [1.54, 1.807) is 7.05 Å². The molecular formula is C13H16N2O3. The third kappa shape index (κ3) is 2.61. The molecule has 96 valence electrons. The molecule has 0 aromatic heterocycles. The topological polar surface area (TPSA) is 58.6 Å². The van der Waals surface area contributed by atoms with Crippen LogP contribution in [0.5, 0.6) is 0 Å². The quantitative estimate of drug-likeness (QED) is 0.880. The van der Waals surface area contributed by atoms with Gasteiger partial charge in [-0.05, 0) is 23.6 Å². The minimum atomic E-state index is -0.340. The minimum absolute atomic E-state index is 0.0360. The second-order valence-electron chi connectivity index (χ2n) is 4.36. The summed E-state index contributed by atoms with van der Waals surface area (Å²) in [5.41, 5.74) is 3.03. The second-order valence-corrected chi connectivity index (χ2v) is 4.36. The highest BCUT2D eigenvalue weighted by Crippen LogP contribution is 2.23. The molecular weight excluding hydrogens is 232 g/mol. The second kappa shape index (κ2) is 5.08. The van der Waals surface area contributed by atoms with Gasteiger partial charge in [-0.1, -0.05) is 12.1 Å². The van der Waals surface area contributed by atoms with Crippen LogP contribution in [0, 0.1) is 0 Å². The van der Waals surface area contributed by atoms with Crippen molar-refractivity contribution >= 4 is 17.7 Å². The maximum atomic E-state index is 11.2. The van der Waals surface area contributed by atoms with Gasteiger partial charge in [-0.2, -0.15) is 0 Å². The number of fused-ring (bicyclic) bond motifs is 1. The molecule has 1 aliphatic rings. The first kappa shape index (κ1) is 12.4. The number of carbonyl (C=O) groups excluding carboxylic acids is 2. The molecule has 1 aliphatic heterocycles. The average Bonchev–Trinajstić information content (AvgIpc) is 2.74. The van der Waals surface area contributed by atoms with E-state index < -0.39 is 0 Å². The number of methoxy groups -OCH3 is 1. The number of rotatable bonds is 3. The SMILES string of the molecule is COC(=O)N(C)CCc1ccc2c(c1)CC(=O)N2. The van der Waals surface area contributed by atoms with E-state index in [0.717, 1.165) is 23.2 Å². The highest BCUT2D eigenvalue weighted by atomic mass is 16.5. The number of carbonyl (C=O) groups is 2. The van der Waals surface area contributed by atoms with E-state index in [2.05, 4.69) is 10.1 Å². The number of likely N-dealkylation sites (N-methyl/N-ethyl adjacent to an activating group) is 1. The van der Waals surface area contributed by atoms with E-state index in [1.807, 2.05) is 18.2 Å². The molecule has 0 radical (unpaired) electrons. The molecule has 5 nitrogen and oxygen atoms in total. The molecule has 0 aliphatic carbocycles. The van der Waals surface area contributed by atoms with Crippen molar-refractivity contribution in [3.05, 3.63) is 29.3 Å². The fourth-order valence-electron chi connectivity index (χ4n) is 1.98. The predicted molar refractivity (Wildman–Crippen MR) is 67.5 cm³/mol. The van der Waals surface area contributed by atoms with Crippen molar-refractivity contribution in [1.29, 1.82) is 0 Å². The van der Waals surface area contributed by atoms with Gasteiger partial charge in [-0.25, -0.2) is 4.79 Å². The maximum Gasteiger partial charge on any atom is 0.409 e. The lowest BCUT2D eigenvalue weighted by Gasteiger charge is -2.15. The fraction of sp³-hybridized carbons (Fsp3) is 0.385. The summed E-state index contributed by atoms with van der Waals surface area (Å²) in [6.45, 7) is 0.590. The van der Waals surface area contributed by atoms with Crippen molar-refractivity contribution in [3.63, 3.8) is 0 Å². The molecule has 5 heteroatoms. The van der Waals surface area contributed by atoms with Crippen molar-refractivity contribution in [3.8, 4) is 0 Å². The van der Waals surface area contributed by atoms with Gasteiger partial charge in [0.2, 0.25) is 5.91 Å². The summed E-state index contributed by atoms with van der Waals surface area (Å²) in [6.07, 6.45) is 0.844. The fourth-order valence-corrected chi connectivity index (χ4v) is 1.98. The Kier molecular flexibility index (Phi) is 3.50. The molecule has 18 heavy (non-hydrogen) atoms. The zero-order valence-electron chi connectivity index (χ0n) is 10.5. The zero-order valence-corrected chi connectivity index (χ0v) is 10.5. The Balaban J connectivity index is 1.97. The van der Waals surface area contributed by atoms with E-state index in [0.29, 0.717) is 13.0 Å². The highest BCUT2D eigenvalue weighted by molar-refractivity contribution is 5.99. The summed E-state index contributed by atoms with van der Waals surface area (Å²) in [5, 5.41) is 2.79. The number of ether oxygens (including phenoxy) is 1. The van der Waals surface area contributed by atoms with Crippen LogP contribution in [-0.2, 0) is 22.4 Å². The molecule has 0 fully saturated rings. The lowest BCUT2D eigenvalue weighted by Crippen LogP contribution is -2.28. The summed E-state index contributed by atoms with van der Waals surface area (Å²) >= 11 is 0. The summed E-state index contributed by atoms with van der Waals surface area (Å²) in [6, 6.07) is 5.89. The molecule has 2 amide bonds. The van der Waals surface area contributed by atoms with Crippen LogP contribution in [0.15, 0.2) is 18.2 Å². The molecule has 0 spiro atoms. The molecule has 0 bridgehead atoms. The first-order valence-corrected chi connectivity index (χ1v) is 5.81. The molecule has 0 saturated heterocycles. The standard InChI is InChI=1S/C13H16N2O3/c1-15(13(17)18-2)6-5-9-3-4-11-10(7-9)8-12(16)14-11/h3-4,7H,5-6,8H2,1-2H3,(H,14,16). The van der Waals surface area contributed by atoms with Crippen molar-refractivity contribution in [2.24, 2.45) is 0 Å². The number of nitrogens with one attached hydrogen (secondary N) is 1. The van der Waals surface area contributed by atoms with Crippen molar-refractivity contribution < 1.29 is 14.3 Å². The van der Waals surface area contributed by atoms with Crippen molar-refractivity contribution in [1.82, 2.24) is 4.90 Å². The van der Waals surface area contributed by atoms with E-state index in [9.17, 15) is 9.59 Å². The van der Waals surface area contributed by atoms with Crippen LogP contribution in [0.2, 0.25) is 0 Å². The van der Waals surface area contributed by atoms with Crippen LogP contribution in [0.25, 0.3) is 0 Å². The van der Waals surface area contributed by atoms with Crippen LogP contribution in [0.3, 0.4) is 0 Å². The Morgan fingerprint density at radius 1 is 1.50 bits per heavy atom. The third-order valence-electron chi connectivity index (χ3n) is 3.02. The molecule has 0 atom stereocenters. The molecule has 0 unspecified atom stereocenters. The van der Waals surface area contributed by atoms with Gasteiger partial charge in [0.15, 0.2) is 0 Å². The Morgan fingerprint density at radius 3 is 3.00 bits per heavy atom. The van der Waals surface area contributed by atoms with Gasteiger partial charge in [-0.15, -0.1) is 0 Å². The first-order valence-electron chi connectivity index (χ1n) is 5.81. The molecule has 1 N–H and O–H groups in total. The van der Waals surface area contributed by atoms with Gasteiger partial charge < -0.3 is 15.0 Å². The Labute approximate surface area is 106 Å². The first-order chi connectivity index (χ1) is 8.60. The largest absolute Gasteiger partial charge is 0.453 e. The van der Waals surface area contributed by atoms with E-state index in [-0.39, 0.29) is 12.0 Å². The Morgan fingerprint density at radius 2 is 2.28 bits per heavy atom. The lowest BCUT2D eigenvalue weighted by atomic mass is 10.1. The van der Waals surface area contributed by atoms with Crippen LogP contribution in [-0.4, -0.2) is 37.6 Å². The summed E-state index contributed by atoms with van der Waals surface area (Å²) in [5.74, 6) is 0.0360.